The Labute approximate surface area is 244 Å². The van der Waals surface area contributed by atoms with Crippen molar-refractivity contribution in [3.05, 3.63) is 0 Å². The Balaban J connectivity index is 3.40. The molecule has 0 heterocycles. The topological polar surface area (TPSA) is 55.4 Å². The maximum atomic E-state index is 12.3. The third kappa shape index (κ3) is 29.9. The van der Waals surface area contributed by atoms with E-state index in [0.29, 0.717) is 18.8 Å². The Bertz CT molecular complexity index is 522. The van der Waals surface area contributed by atoms with Gasteiger partial charge in [0, 0.05) is 19.3 Å². The van der Waals surface area contributed by atoms with Crippen molar-refractivity contribution in [2.75, 3.05) is 19.7 Å². The summed E-state index contributed by atoms with van der Waals surface area (Å²) < 4.78 is 5.32. The Hall–Kier alpha value is -0.900. The maximum Gasteiger partial charge on any atom is 0.305 e. The van der Waals surface area contributed by atoms with Gasteiger partial charge in [-0.05, 0) is 57.5 Å². The van der Waals surface area contributed by atoms with Gasteiger partial charge in [0.05, 0.1) is 6.61 Å². The SMILES string of the molecule is CCCCCCCOC(=O)CCCCCCCNCCCCCCCC(=O)CCC(CCCC)CCCCC. The Kier molecular flexibility index (Phi) is 30.9. The summed E-state index contributed by atoms with van der Waals surface area (Å²) in [5, 5.41) is 3.58. The number of ether oxygens (including phenoxy) is 1. The fraction of sp³-hybridized carbons (Fsp3) is 0.943. The van der Waals surface area contributed by atoms with Crippen LogP contribution < -0.4 is 5.32 Å². The smallest absolute Gasteiger partial charge is 0.305 e. The monoisotopic (exact) mass is 552 g/mol. The molecule has 1 atom stereocenters. The molecular weight excluding hydrogens is 482 g/mol. The molecular formula is C35H69NO3. The highest BCUT2D eigenvalue weighted by atomic mass is 16.5. The van der Waals surface area contributed by atoms with E-state index in [-0.39, 0.29) is 5.97 Å². The van der Waals surface area contributed by atoms with Gasteiger partial charge in [0.25, 0.3) is 0 Å². The van der Waals surface area contributed by atoms with E-state index in [1.165, 1.54) is 116 Å². The van der Waals surface area contributed by atoms with E-state index in [1.807, 2.05) is 0 Å². The lowest BCUT2D eigenvalue weighted by molar-refractivity contribution is -0.143. The molecule has 0 aromatic rings. The molecule has 232 valence electrons. The molecule has 1 unspecified atom stereocenters. The summed E-state index contributed by atoms with van der Waals surface area (Å²) in [4.78, 5) is 24.1. The van der Waals surface area contributed by atoms with Crippen molar-refractivity contribution in [2.24, 2.45) is 5.92 Å². The molecule has 0 amide bonds. The van der Waals surface area contributed by atoms with E-state index in [1.54, 1.807) is 0 Å². The van der Waals surface area contributed by atoms with Crippen molar-refractivity contribution in [2.45, 2.75) is 188 Å². The van der Waals surface area contributed by atoms with Gasteiger partial charge in [0.15, 0.2) is 0 Å². The molecule has 0 saturated heterocycles. The van der Waals surface area contributed by atoms with Crippen LogP contribution in [0.5, 0.6) is 0 Å². The third-order valence-electron chi connectivity index (χ3n) is 8.07. The van der Waals surface area contributed by atoms with Crippen LogP contribution in [0.4, 0.5) is 0 Å². The molecule has 0 aromatic carbocycles. The van der Waals surface area contributed by atoms with Gasteiger partial charge in [0.2, 0.25) is 0 Å². The molecule has 0 fully saturated rings. The van der Waals surface area contributed by atoms with E-state index in [4.69, 9.17) is 4.74 Å². The lowest BCUT2D eigenvalue weighted by atomic mass is 9.90. The number of Topliss-reactive ketones (excluding diaryl/α,β-unsaturated/α-hetero) is 1. The second-order valence-electron chi connectivity index (χ2n) is 12.0. The van der Waals surface area contributed by atoms with Crippen LogP contribution in [0.3, 0.4) is 0 Å². The van der Waals surface area contributed by atoms with Crippen LogP contribution in [0.2, 0.25) is 0 Å². The molecule has 0 spiro atoms. The van der Waals surface area contributed by atoms with Gasteiger partial charge < -0.3 is 10.1 Å². The Morgan fingerprint density at radius 1 is 0.513 bits per heavy atom. The number of unbranched alkanes of at least 4 members (excludes halogenated alkanes) is 15. The van der Waals surface area contributed by atoms with Crippen LogP contribution in [0.25, 0.3) is 0 Å². The number of nitrogens with one attached hydrogen (secondary N) is 1. The zero-order valence-electron chi connectivity index (χ0n) is 26.8. The molecule has 0 aliphatic carbocycles. The van der Waals surface area contributed by atoms with Gasteiger partial charge in [-0.1, -0.05) is 130 Å². The number of ketones is 1. The minimum absolute atomic E-state index is 0.0112. The summed E-state index contributed by atoms with van der Waals surface area (Å²) >= 11 is 0. The number of carbonyl (C=O) groups is 2. The minimum atomic E-state index is -0.0112. The minimum Gasteiger partial charge on any atom is -0.466 e. The predicted octanol–water partition coefficient (Wildman–Crippen LogP) is 10.5. The lowest BCUT2D eigenvalue weighted by Gasteiger charge is -2.16. The molecule has 4 nitrogen and oxygen atoms in total. The number of hydrogen-bond acceptors (Lipinski definition) is 4. The highest BCUT2D eigenvalue weighted by Crippen LogP contribution is 2.22. The summed E-state index contributed by atoms with van der Waals surface area (Å²) in [5.74, 6) is 1.27. The standard InChI is InChI=1S/C35H69NO3/c1-4-7-10-17-23-32-39-35(38)27-20-14-12-16-22-31-36-30-21-15-11-13-19-26-34(37)29-28-33(24-9-6-3)25-18-8-5-2/h33,36H,4-32H2,1-3H3. The Morgan fingerprint density at radius 2 is 1.03 bits per heavy atom. The molecule has 0 aliphatic heterocycles. The van der Waals surface area contributed by atoms with E-state index >= 15 is 0 Å². The summed E-state index contributed by atoms with van der Waals surface area (Å²) in [6.45, 7) is 9.57. The van der Waals surface area contributed by atoms with E-state index < -0.39 is 0 Å². The number of carbonyl (C=O) groups excluding carboxylic acids is 2. The van der Waals surface area contributed by atoms with E-state index in [0.717, 1.165) is 64.0 Å². The second kappa shape index (κ2) is 31.6. The first kappa shape index (κ1) is 38.1. The third-order valence-corrected chi connectivity index (χ3v) is 8.07. The summed E-state index contributed by atoms with van der Waals surface area (Å²) in [7, 11) is 0. The molecule has 0 radical (unpaired) electrons. The largest absolute Gasteiger partial charge is 0.466 e. The van der Waals surface area contributed by atoms with Gasteiger partial charge in [-0.25, -0.2) is 0 Å². The zero-order chi connectivity index (χ0) is 28.7. The molecule has 0 bridgehead atoms. The summed E-state index contributed by atoms with van der Waals surface area (Å²) in [6.07, 6.45) is 30.3. The van der Waals surface area contributed by atoms with Crippen molar-refractivity contribution >= 4 is 11.8 Å². The van der Waals surface area contributed by atoms with Crippen molar-refractivity contribution in [1.29, 1.82) is 0 Å². The van der Waals surface area contributed by atoms with E-state index in [9.17, 15) is 9.59 Å². The fourth-order valence-electron chi connectivity index (χ4n) is 5.34. The fourth-order valence-corrected chi connectivity index (χ4v) is 5.34. The molecule has 4 heteroatoms. The second-order valence-corrected chi connectivity index (χ2v) is 12.0. The van der Waals surface area contributed by atoms with Gasteiger partial charge in [0.1, 0.15) is 5.78 Å². The highest BCUT2D eigenvalue weighted by Gasteiger charge is 2.11. The van der Waals surface area contributed by atoms with Gasteiger partial charge in [-0.2, -0.15) is 0 Å². The molecule has 1 N–H and O–H groups in total. The van der Waals surface area contributed by atoms with Crippen molar-refractivity contribution < 1.29 is 14.3 Å². The zero-order valence-corrected chi connectivity index (χ0v) is 26.8. The maximum absolute atomic E-state index is 12.3. The average molecular weight is 552 g/mol. The van der Waals surface area contributed by atoms with Crippen LogP contribution in [-0.4, -0.2) is 31.4 Å². The van der Waals surface area contributed by atoms with Crippen molar-refractivity contribution in [3.63, 3.8) is 0 Å². The molecule has 0 aliphatic rings. The van der Waals surface area contributed by atoms with Crippen molar-refractivity contribution in [1.82, 2.24) is 5.32 Å². The average Bonchev–Trinajstić information content (AvgIpc) is 2.94. The van der Waals surface area contributed by atoms with Crippen LogP contribution in [0.15, 0.2) is 0 Å². The molecule has 0 rings (SSSR count). The first-order chi connectivity index (χ1) is 19.1. The van der Waals surface area contributed by atoms with Crippen LogP contribution >= 0.6 is 0 Å². The van der Waals surface area contributed by atoms with Gasteiger partial charge in [-0.15, -0.1) is 0 Å². The lowest BCUT2D eigenvalue weighted by Crippen LogP contribution is -2.16. The van der Waals surface area contributed by atoms with E-state index in [2.05, 4.69) is 26.1 Å². The summed E-state index contributed by atoms with van der Waals surface area (Å²) in [5.41, 5.74) is 0. The molecule has 0 saturated carbocycles. The normalized spacial score (nSPS) is 12.1. The van der Waals surface area contributed by atoms with Crippen LogP contribution in [0, 0.1) is 5.92 Å². The first-order valence-corrected chi connectivity index (χ1v) is 17.5. The number of hydrogen-bond donors (Lipinski definition) is 1. The van der Waals surface area contributed by atoms with Gasteiger partial charge >= 0.3 is 5.97 Å². The first-order valence-electron chi connectivity index (χ1n) is 17.5. The van der Waals surface area contributed by atoms with Crippen LogP contribution in [-0.2, 0) is 14.3 Å². The molecule has 0 aromatic heterocycles. The van der Waals surface area contributed by atoms with Gasteiger partial charge in [-0.3, -0.25) is 9.59 Å². The quantitative estimate of drug-likeness (QED) is 0.0667. The Morgan fingerprint density at radius 3 is 1.69 bits per heavy atom. The summed E-state index contributed by atoms with van der Waals surface area (Å²) in [6, 6.07) is 0. The predicted molar refractivity (Wildman–Crippen MR) is 169 cm³/mol. The number of esters is 1. The van der Waals surface area contributed by atoms with Crippen molar-refractivity contribution in [3.8, 4) is 0 Å². The molecule has 39 heavy (non-hydrogen) atoms. The number of rotatable bonds is 32. The highest BCUT2D eigenvalue weighted by molar-refractivity contribution is 5.78. The van der Waals surface area contributed by atoms with Crippen LogP contribution in [0.1, 0.15) is 188 Å².